The Kier molecular flexibility index (Phi) is 6.77. The molecule has 26 heavy (non-hydrogen) atoms. The first-order valence-electron chi connectivity index (χ1n) is 8.92. The summed E-state index contributed by atoms with van der Waals surface area (Å²) in [5.41, 5.74) is 0.163. The first kappa shape index (κ1) is 23.1. The van der Waals surface area contributed by atoms with Crippen molar-refractivity contribution < 1.29 is 19.7 Å². The zero-order chi connectivity index (χ0) is 20.6. The number of halogens is 1. The van der Waals surface area contributed by atoms with E-state index < -0.39 is 15.5 Å². The zero-order valence-corrected chi connectivity index (χ0v) is 18.8. The van der Waals surface area contributed by atoms with E-state index in [0.717, 1.165) is 16.7 Å². The summed E-state index contributed by atoms with van der Waals surface area (Å²) in [4.78, 5) is 11.9. The van der Waals surface area contributed by atoms with Gasteiger partial charge in [-0.3, -0.25) is 4.79 Å². The second kappa shape index (κ2) is 7.61. The summed E-state index contributed by atoms with van der Waals surface area (Å²) in [5.74, 6) is -0.296. The molecule has 0 aromatic heterocycles. The van der Waals surface area contributed by atoms with Crippen molar-refractivity contribution in [3.05, 3.63) is 34.9 Å². The highest BCUT2D eigenvalue weighted by molar-refractivity contribution is 9.10. The van der Waals surface area contributed by atoms with E-state index in [1.54, 1.807) is 41.5 Å². The summed E-state index contributed by atoms with van der Waals surface area (Å²) >= 11 is 3.30. The second-order valence-electron chi connectivity index (χ2n) is 9.16. The number of esters is 1. The molecule has 1 aromatic rings. The summed E-state index contributed by atoms with van der Waals surface area (Å²) in [6.07, 6.45) is 0.627. The van der Waals surface area contributed by atoms with Gasteiger partial charge in [-0.05, 0) is 70.1 Å². The molecule has 4 nitrogen and oxygen atoms in total. The highest BCUT2D eigenvalue weighted by Crippen LogP contribution is 2.35. The lowest BCUT2D eigenvalue weighted by atomic mass is 9.77. The Balaban J connectivity index is 3.13. The van der Waals surface area contributed by atoms with Gasteiger partial charge in [-0.15, -0.1) is 0 Å². The molecule has 0 aliphatic heterocycles. The molecular weight excluding hydrogens is 396 g/mol. The fourth-order valence-corrected chi connectivity index (χ4v) is 2.55. The zero-order valence-electron chi connectivity index (χ0n) is 17.2. The van der Waals surface area contributed by atoms with Crippen LogP contribution in [-0.2, 0) is 26.1 Å². The molecule has 0 amide bonds. The Hall–Kier alpha value is -0.910. The molecule has 0 heterocycles. The topological polar surface area (TPSA) is 66.8 Å². The molecule has 148 valence electrons. The van der Waals surface area contributed by atoms with Crippen molar-refractivity contribution in [1.82, 2.24) is 0 Å². The summed E-state index contributed by atoms with van der Waals surface area (Å²) < 4.78 is 4.67. The van der Waals surface area contributed by atoms with Crippen LogP contribution in [0.25, 0.3) is 0 Å². The Bertz CT molecular complexity index is 611. The van der Waals surface area contributed by atoms with Crippen molar-refractivity contribution in [2.45, 2.75) is 82.8 Å². The third kappa shape index (κ3) is 6.36. The SMILES string of the molecule is CC(C)(Br)C(=O)OCCC(C)(C)c1cc(C(C)(C)O)cc(C(C)(C)O)c1. The molecule has 1 aromatic carbocycles. The van der Waals surface area contributed by atoms with Crippen LogP contribution in [0.1, 0.15) is 78.5 Å². The summed E-state index contributed by atoms with van der Waals surface area (Å²) in [5, 5.41) is 20.9. The molecule has 5 heteroatoms. The predicted octanol–water partition coefficient (Wildman–Crippen LogP) is 4.53. The second-order valence-corrected chi connectivity index (χ2v) is 11.1. The van der Waals surface area contributed by atoms with Crippen LogP contribution in [-0.4, -0.2) is 27.1 Å². The Morgan fingerprint density at radius 3 is 1.62 bits per heavy atom. The van der Waals surface area contributed by atoms with Gasteiger partial charge in [0.25, 0.3) is 0 Å². The molecule has 0 atom stereocenters. The first-order chi connectivity index (χ1) is 11.4. The minimum absolute atomic E-state index is 0.294. The third-order valence-corrected chi connectivity index (χ3v) is 4.90. The van der Waals surface area contributed by atoms with Crippen molar-refractivity contribution >= 4 is 21.9 Å². The Labute approximate surface area is 166 Å². The van der Waals surface area contributed by atoms with E-state index in [2.05, 4.69) is 29.8 Å². The van der Waals surface area contributed by atoms with E-state index in [9.17, 15) is 15.0 Å². The van der Waals surface area contributed by atoms with E-state index in [1.165, 1.54) is 0 Å². The van der Waals surface area contributed by atoms with Crippen molar-refractivity contribution in [3.8, 4) is 0 Å². The Morgan fingerprint density at radius 1 is 0.885 bits per heavy atom. The summed E-state index contributed by atoms with van der Waals surface area (Å²) in [7, 11) is 0. The molecule has 0 aliphatic carbocycles. The number of benzene rings is 1. The van der Waals surface area contributed by atoms with Crippen LogP contribution in [0, 0.1) is 0 Å². The predicted molar refractivity (Wildman–Crippen MR) is 109 cm³/mol. The molecule has 1 rings (SSSR count). The third-order valence-electron chi connectivity index (χ3n) is 4.57. The molecule has 0 spiro atoms. The van der Waals surface area contributed by atoms with Crippen LogP contribution in [0.2, 0.25) is 0 Å². The van der Waals surface area contributed by atoms with Crippen molar-refractivity contribution in [1.29, 1.82) is 0 Å². The standard InChI is InChI=1S/C21H33BrO4/c1-18(2,9-10-26-17(23)19(3,4)22)14-11-15(20(5,6)24)13-16(12-14)21(7,8)25/h11-13,24-25H,9-10H2,1-8H3. The number of ether oxygens (including phenoxy) is 1. The molecule has 0 unspecified atom stereocenters. The van der Waals surface area contributed by atoms with E-state index in [4.69, 9.17) is 4.74 Å². The van der Waals surface area contributed by atoms with Crippen molar-refractivity contribution in [2.24, 2.45) is 0 Å². The number of hydrogen-bond acceptors (Lipinski definition) is 4. The molecule has 0 saturated carbocycles. The molecule has 0 radical (unpaired) electrons. The lowest BCUT2D eigenvalue weighted by molar-refractivity contribution is -0.145. The van der Waals surface area contributed by atoms with Crippen LogP contribution < -0.4 is 0 Å². The lowest BCUT2D eigenvalue weighted by Gasteiger charge is -2.31. The van der Waals surface area contributed by atoms with Gasteiger partial charge in [-0.1, -0.05) is 48.0 Å². The van der Waals surface area contributed by atoms with Crippen LogP contribution in [0.4, 0.5) is 0 Å². The molecule has 0 aliphatic rings. The van der Waals surface area contributed by atoms with Gasteiger partial charge in [-0.2, -0.15) is 0 Å². The number of aliphatic hydroxyl groups is 2. The number of hydrogen-bond donors (Lipinski definition) is 2. The molecule has 0 fully saturated rings. The van der Waals surface area contributed by atoms with E-state index in [-0.39, 0.29) is 11.4 Å². The van der Waals surface area contributed by atoms with Gasteiger partial charge in [-0.25, -0.2) is 0 Å². The molecular formula is C21H33BrO4. The highest BCUT2D eigenvalue weighted by atomic mass is 79.9. The maximum absolute atomic E-state index is 11.9. The maximum Gasteiger partial charge on any atom is 0.322 e. The van der Waals surface area contributed by atoms with Gasteiger partial charge in [0.15, 0.2) is 0 Å². The summed E-state index contributed by atoms with van der Waals surface area (Å²) in [6, 6.07) is 5.77. The average Bonchev–Trinajstić information content (AvgIpc) is 2.43. The lowest BCUT2D eigenvalue weighted by Crippen LogP contribution is -2.29. The molecule has 2 N–H and O–H groups in total. The van der Waals surface area contributed by atoms with Gasteiger partial charge in [0.2, 0.25) is 0 Å². The number of alkyl halides is 1. The first-order valence-corrected chi connectivity index (χ1v) is 9.71. The number of rotatable bonds is 7. The largest absolute Gasteiger partial charge is 0.465 e. The van der Waals surface area contributed by atoms with Crippen LogP contribution in [0.15, 0.2) is 18.2 Å². The average molecular weight is 429 g/mol. The van der Waals surface area contributed by atoms with Gasteiger partial charge in [0.05, 0.1) is 17.8 Å². The highest BCUT2D eigenvalue weighted by Gasteiger charge is 2.30. The normalized spacial score (nSPS) is 13.7. The Morgan fingerprint density at radius 2 is 1.27 bits per heavy atom. The molecule has 0 bridgehead atoms. The quantitative estimate of drug-likeness (QED) is 0.494. The van der Waals surface area contributed by atoms with Crippen molar-refractivity contribution in [3.63, 3.8) is 0 Å². The van der Waals surface area contributed by atoms with Crippen molar-refractivity contribution in [2.75, 3.05) is 6.61 Å². The van der Waals surface area contributed by atoms with Gasteiger partial charge >= 0.3 is 5.97 Å². The van der Waals surface area contributed by atoms with Gasteiger partial charge in [0.1, 0.15) is 4.32 Å². The van der Waals surface area contributed by atoms with E-state index in [0.29, 0.717) is 13.0 Å². The van der Waals surface area contributed by atoms with E-state index in [1.807, 2.05) is 18.2 Å². The fourth-order valence-electron chi connectivity index (χ4n) is 2.44. The van der Waals surface area contributed by atoms with E-state index >= 15 is 0 Å². The van der Waals surface area contributed by atoms with Gasteiger partial charge in [0, 0.05) is 0 Å². The minimum Gasteiger partial charge on any atom is -0.465 e. The van der Waals surface area contributed by atoms with Gasteiger partial charge < -0.3 is 14.9 Å². The molecule has 0 saturated heterocycles. The fraction of sp³-hybridized carbons (Fsp3) is 0.667. The maximum atomic E-state index is 11.9. The number of carbonyl (C=O) groups excluding carboxylic acids is 1. The summed E-state index contributed by atoms with van der Waals surface area (Å²) in [6.45, 7) is 14.9. The van der Waals surface area contributed by atoms with Crippen LogP contribution in [0.3, 0.4) is 0 Å². The van der Waals surface area contributed by atoms with Crippen LogP contribution >= 0.6 is 15.9 Å². The number of carbonyl (C=O) groups is 1. The van der Waals surface area contributed by atoms with Crippen LogP contribution in [0.5, 0.6) is 0 Å². The minimum atomic E-state index is -1.02. The monoisotopic (exact) mass is 428 g/mol. The smallest absolute Gasteiger partial charge is 0.322 e.